The van der Waals surface area contributed by atoms with E-state index in [-0.39, 0.29) is 11.8 Å². The van der Waals surface area contributed by atoms with Gasteiger partial charge in [-0.3, -0.25) is 9.69 Å². The summed E-state index contributed by atoms with van der Waals surface area (Å²) in [6.45, 7) is 5.78. The van der Waals surface area contributed by atoms with Crippen molar-refractivity contribution in [1.29, 1.82) is 0 Å². The molecular formula is C20H28Cl2N2O4. The molecule has 0 radical (unpaired) electrons. The van der Waals surface area contributed by atoms with Crippen molar-refractivity contribution in [3.63, 3.8) is 0 Å². The van der Waals surface area contributed by atoms with Crippen LogP contribution < -0.4 is 4.74 Å². The van der Waals surface area contributed by atoms with Crippen molar-refractivity contribution in [3.8, 4) is 5.75 Å². The quantitative estimate of drug-likeness (QED) is 0.704. The maximum Gasteiger partial charge on any atom is 0.410 e. The van der Waals surface area contributed by atoms with Crippen molar-refractivity contribution >= 4 is 35.2 Å². The Labute approximate surface area is 176 Å². The summed E-state index contributed by atoms with van der Waals surface area (Å²) in [5.74, 6) is 0.391. The van der Waals surface area contributed by atoms with Crippen LogP contribution in [0.4, 0.5) is 4.79 Å². The lowest BCUT2D eigenvalue weighted by Crippen LogP contribution is -2.54. The standard InChI is InChI=1S/C20H28Cl2N2O4/c1-20(2,3)28-19(26)24-10-9-12(11-14(24)18(25)23(4)5)16-15(27-6)8-7-13(21)17(16)22/h7-8,12,14H,9-11H2,1-6H3/t12-,14+/m0/s1. The van der Waals surface area contributed by atoms with E-state index in [0.717, 1.165) is 5.56 Å². The van der Waals surface area contributed by atoms with Gasteiger partial charge in [0.2, 0.25) is 5.91 Å². The molecular weight excluding hydrogens is 403 g/mol. The molecule has 2 amide bonds. The number of hydrogen-bond donors (Lipinski definition) is 0. The summed E-state index contributed by atoms with van der Waals surface area (Å²) in [5.41, 5.74) is 0.135. The number of likely N-dealkylation sites (tertiary alicyclic amines) is 1. The number of rotatable bonds is 3. The lowest BCUT2D eigenvalue weighted by atomic mass is 9.84. The molecule has 1 fully saturated rings. The number of piperidine rings is 1. The summed E-state index contributed by atoms with van der Waals surface area (Å²) < 4.78 is 11.0. The number of ether oxygens (including phenoxy) is 2. The first kappa shape index (κ1) is 22.6. The van der Waals surface area contributed by atoms with E-state index < -0.39 is 17.7 Å². The molecule has 0 bridgehead atoms. The number of amides is 2. The monoisotopic (exact) mass is 430 g/mol. The van der Waals surface area contributed by atoms with Crippen LogP contribution in [0.15, 0.2) is 12.1 Å². The fraction of sp³-hybridized carbons (Fsp3) is 0.600. The second-order valence-corrected chi connectivity index (χ2v) is 8.91. The highest BCUT2D eigenvalue weighted by Gasteiger charge is 2.40. The van der Waals surface area contributed by atoms with Gasteiger partial charge in [-0.1, -0.05) is 23.2 Å². The number of likely N-dealkylation sites (N-methyl/N-ethyl adjacent to an activating group) is 1. The predicted octanol–water partition coefficient (Wildman–Crippen LogP) is 4.57. The first-order chi connectivity index (χ1) is 13.0. The molecule has 0 aromatic heterocycles. The fourth-order valence-electron chi connectivity index (χ4n) is 3.41. The van der Waals surface area contributed by atoms with Crippen LogP contribution >= 0.6 is 23.2 Å². The van der Waals surface area contributed by atoms with Gasteiger partial charge in [-0.25, -0.2) is 4.79 Å². The molecule has 2 rings (SSSR count). The molecule has 28 heavy (non-hydrogen) atoms. The number of carbonyl (C=O) groups is 2. The Morgan fingerprint density at radius 2 is 1.86 bits per heavy atom. The van der Waals surface area contributed by atoms with Crippen molar-refractivity contribution < 1.29 is 19.1 Å². The number of benzene rings is 1. The fourth-order valence-corrected chi connectivity index (χ4v) is 3.88. The molecule has 0 N–H and O–H groups in total. The zero-order valence-electron chi connectivity index (χ0n) is 17.2. The summed E-state index contributed by atoms with van der Waals surface area (Å²) in [6, 6.07) is 2.81. The molecule has 0 saturated carbocycles. The van der Waals surface area contributed by atoms with Crippen LogP contribution in [0.1, 0.15) is 45.1 Å². The number of carbonyl (C=O) groups excluding carboxylic acids is 2. The number of halogens is 2. The molecule has 156 valence electrons. The molecule has 0 unspecified atom stereocenters. The van der Waals surface area contributed by atoms with Gasteiger partial charge in [0, 0.05) is 26.2 Å². The van der Waals surface area contributed by atoms with Gasteiger partial charge in [-0.15, -0.1) is 0 Å². The van der Waals surface area contributed by atoms with E-state index in [1.165, 1.54) is 9.80 Å². The van der Waals surface area contributed by atoms with Gasteiger partial charge in [0.05, 0.1) is 17.2 Å². The molecule has 1 aliphatic rings. The number of methoxy groups -OCH3 is 1. The Hall–Kier alpha value is -1.66. The molecule has 1 saturated heterocycles. The van der Waals surface area contributed by atoms with Crippen LogP contribution in [0.5, 0.6) is 5.75 Å². The third-order valence-electron chi connectivity index (χ3n) is 4.68. The highest BCUT2D eigenvalue weighted by molar-refractivity contribution is 6.42. The largest absolute Gasteiger partial charge is 0.496 e. The zero-order chi connectivity index (χ0) is 21.2. The summed E-state index contributed by atoms with van der Waals surface area (Å²) in [5, 5.41) is 0.857. The van der Waals surface area contributed by atoms with E-state index in [2.05, 4.69) is 0 Å². The molecule has 0 aliphatic carbocycles. The Kier molecular flexibility index (Phi) is 7.10. The maximum absolute atomic E-state index is 12.8. The van der Waals surface area contributed by atoms with E-state index in [4.69, 9.17) is 32.7 Å². The summed E-state index contributed by atoms with van der Waals surface area (Å²) in [7, 11) is 4.92. The van der Waals surface area contributed by atoms with Gasteiger partial charge in [0.15, 0.2) is 0 Å². The molecule has 1 aliphatic heterocycles. The number of hydrogen-bond acceptors (Lipinski definition) is 4. The second kappa shape index (κ2) is 8.78. The highest BCUT2D eigenvalue weighted by atomic mass is 35.5. The normalized spacial score (nSPS) is 19.9. The van der Waals surface area contributed by atoms with Crippen LogP contribution in [0.2, 0.25) is 10.0 Å². The van der Waals surface area contributed by atoms with Crippen LogP contribution in [0.3, 0.4) is 0 Å². The van der Waals surface area contributed by atoms with Crippen molar-refractivity contribution in [2.45, 2.75) is 51.2 Å². The molecule has 2 atom stereocenters. The summed E-state index contributed by atoms with van der Waals surface area (Å²) in [4.78, 5) is 28.5. The zero-order valence-corrected chi connectivity index (χ0v) is 18.7. The van der Waals surface area contributed by atoms with Crippen LogP contribution in [-0.2, 0) is 9.53 Å². The van der Waals surface area contributed by atoms with E-state index in [1.807, 2.05) is 0 Å². The van der Waals surface area contributed by atoms with Gasteiger partial charge in [-0.2, -0.15) is 0 Å². The van der Waals surface area contributed by atoms with Crippen molar-refractivity contribution in [2.75, 3.05) is 27.7 Å². The van der Waals surface area contributed by atoms with Crippen LogP contribution in [0.25, 0.3) is 0 Å². The van der Waals surface area contributed by atoms with Gasteiger partial charge < -0.3 is 14.4 Å². The van der Waals surface area contributed by atoms with E-state index in [1.54, 1.807) is 54.1 Å². The minimum atomic E-state index is -0.650. The molecule has 8 heteroatoms. The highest BCUT2D eigenvalue weighted by Crippen LogP contribution is 2.43. The second-order valence-electron chi connectivity index (χ2n) is 8.12. The third-order valence-corrected chi connectivity index (χ3v) is 5.50. The van der Waals surface area contributed by atoms with Crippen molar-refractivity contribution in [3.05, 3.63) is 27.7 Å². The van der Waals surface area contributed by atoms with Gasteiger partial charge in [-0.05, 0) is 51.7 Å². The lowest BCUT2D eigenvalue weighted by Gasteiger charge is -2.40. The van der Waals surface area contributed by atoms with Crippen molar-refractivity contribution in [1.82, 2.24) is 9.80 Å². The average molecular weight is 431 g/mol. The molecule has 6 nitrogen and oxygen atoms in total. The van der Waals surface area contributed by atoms with Crippen LogP contribution in [0, 0.1) is 0 Å². The van der Waals surface area contributed by atoms with Gasteiger partial charge in [0.25, 0.3) is 0 Å². The SMILES string of the molecule is COc1ccc(Cl)c(Cl)c1[C@H]1CCN(C(=O)OC(C)(C)C)[C@@H](C(=O)N(C)C)C1. The Bertz CT molecular complexity index is 746. The predicted molar refractivity (Wildman–Crippen MR) is 110 cm³/mol. The minimum Gasteiger partial charge on any atom is -0.496 e. The lowest BCUT2D eigenvalue weighted by molar-refractivity contribution is -0.135. The Morgan fingerprint density at radius 3 is 2.39 bits per heavy atom. The summed E-state index contributed by atoms with van der Waals surface area (Å²) in [6.07, 6.45) is 0.537. The van der Waals surface area contributed by atoms with Gasteiger partial charge >= 0.3 is 6.09 Å². The minimum absolute atomic E-state index is 0.0752. The topological polar surface area (TPSA) is 59.1 Å². The first-order valence-electron chi connectivity index (χ1n) is 9.19. The molecule has 1 heterocycles. The summed E-state index contributed by atoms with van der Waals surface area (Å²) >= 11 is 12.7. The molecule has 1 aromatic carbocycles. The van der Waals surface area contributed by atoms with E-state index in [0.29, 0.717) is 35.2 Å². The van der Waals surface area contributed by atoms with Crippen molar-refractivity contribution in [2.24, 2.45) is 0 Å². The molecule has 0 spiro atoms. The third kappa shape index (κ3) is 5.03. The Balaban J connectivity index is 2.37. The Morgan fingerprint density at radius 1 is 1.21 bits per heavy atom. The average Bonchev–Trinajstić information content (AvgIpc) is 2.61. The van der Waals surface area contributed by atoms with Gasteiger partial charge in [0.1, 0.15) is 17.4 Å². The smallest absolute Gasteiger partial charge is 0.410 e. The number of nitrogens with zero attached hydrogens (tertiary/aromatic N) is 2. The molecule has 1 aromatic rings. The van der Waals surface area contributed by atoms with E-state index in [9.17, 15) is 9.59 Å². The first-order valence-corrected chi connectivity index (χ1v) is 9.94. The maximum atomic E-state index is 12.8. The van der Waals surface area contributed by atoms with Crippen LogP contribution in [-0.4, -0.2) is 61.2 Å². The van der Waals surface area contributed by atoms with E-state index >= 15 is 0 Å².